The molecule has 0 amide bonds. The van der Waals surface area contributed by atoms with Crippen molar-refractivity contribution in [3.8, 4) is 5.69 Å². The van der Waals surface area contributed by atoms with Gasteiger partial charge in [-0.25, -0.2) is 4.98 Å². The second-order valence-electron chi connectivity index (χ2n) is 4.28. The van der Waals surface area contributed by atoms with Crippen molar-refractivity contribution in [1.82, 2.24) is 9.55 Å². The van der Waals surface area contributed by atoms with Crippen molar-refractivity contribution in [2.45, 2.75) is 18.7 Å². The first-order chi connectivity index (χ1) is 9.62. The number of rotatable bonds is 2. The molecule has 9 heteroatoms. The van der Waals surface area contributed by atoms with Gasteiger partial charge in [0.1, 0.15) is 5.82 Å². The van der Waals surface area contributed by atoms with Crippen molar-refractivity contribution in [1.29, 1.82) is 0 Å². The van der Waals surface area contributed by atoms with Crippen LogP contribution in [0.2, 0.25) is 0 Å². The summed E-state index contributed by atoms with van der Waals surface area (Å²) in [4.78, 5) is 15.8. The summed E-state index contributed by atoms with van der Waals surface area (Å²) in [5.41, 5.74) is -0.451. The van der Waals surface area contributed by atoms with Crippen molar-refractivity contribution in [3.63, 3.8) is 0 Å². The Kier molecular flexibility index (Phi) is 4.39. The number of nitrogens with zero attached hydrogens (tertiary/aromatic N) is 2. The zero-order chi connectivity index (χ0) is 15.9. The number of hydrogen-bond acceptors (Lipinski definition) is 4. The third-order valence-corrected chi connectivity index (χ3v) is 4.90. The Morgan fingerprint density at radius 3 is 2.38 bits per heavy atom. The molecule has 0 bridgehead atoms. The lowest BCUT2D eigenvalue weighted by Crippen LogP contribution is -2.29. The van der Waals surface area contributed by atoms with Crippen LogP contribution in [0, 0.1) is 13.8 Å². The van der Waals surface area contributed by atoms with E-state index in [1.165, 1.54) is 6.92 Å². The van der Waals surface area contributed by atoms with E-state index in [2.05, 4.69) is 36.8 Å². The Morgan fingerprint density at radius 1 is 1.24 bits per heavy atom. The molecule has 21 heavy (non-hydrogen) atoms. The first-order valence-electron chi connectivity index (χ1n) is 5.66. The minimum atomic E-state index is -4.65. The van der Waals surface area contributed by atoms with E-state index in [-0.39, 0.29) is 5.69 Å². The van der Waals surface area contributed by atoms with Gasteiger partial charge in [-0.05, 0) is 48.0 Å². The molecule has 1 aromatic heterocycles. The van der Waals surface area contributed by atoms with Gasteiger partial charge in [-0.1, -0.05) is 15.9 Å². The van der Waals surface area contributed by atoms with Gasteiger partial charge in [0.05, 0.1) is 11.4 Å². The average molecular weight is 438 g/mol. The van der Waals surface area contributed by atoms with Gasteiger partial charge in [-0.15, -0.1) is 0 Å². The summed E-state index contributed by atoms with van der Waals surface area (Å²) in [5, 5.41) is 0. The molecule has 0 aliphatic carbocycles. The fraction of sp³-hybridized carbons (Fsp3) is 0.167. The van der Waals surface area contributed by atoms with E-state index in [1.54, 1.807) is 25.1 Å². The van der Waals surface area contributed by atoms with E-state index in [4.69, 9.17) is 0 Å². The van der Waals surface area contributed by atoms with E-state index in [0.29, 0.717) is 16.0 Å². The van der Waals surface area contributed by atoms with Gasteiger partial charge in [0.25, 0.3) is 5.56 Å². The summed E-state index contributed by atoms with van der Waals surface area (Å²) >= 11 is 6.61. The molecule has 2 aromatic rings. The van der Waals surface area contributed by atoms with Crippen molar-refractivity contribution in [3.05, 3.63) is 49.0 Å². The largest absolute Gasteiger partial charge is 0.301 e. The summed E-state index contributed by atoms with van der Waals surface area (Å²) in [5.74, 6) is 0.313. The molecule has 0 saturated heterocycles. The molecular weight excluding hydrogens is 428 g/mol. The molecule has 2 rings (SSSR count). The predicted molar refractivity (Wildman–Crippen MR) is 84.5 cm³/mol. The number of benzene rings is 1. The highest BCUT2D eigenvalue weighted by Gasteiger charge is 2.23. The SMILES string of the molecule is Cc1nc(C)n(-c2ccc(Br)cc2Br)c(=O)c1S(=O)(=O)O. The molecule has 0 radical (unpaired) electrons. The maximum atomic E-state index is 12.4. The van der Waals surface area contributed by atoms with E-state index in [0.717, 1.165) is 9.04 Å². The fourth-order valence-corrected chi connectivity index (χ4v) is 3.95. The summed E-state index contributed by atoms with van der Waals surface area (Å²) in [6.07, 6.45) is 0. The highest BCUT2D eigenvalue weighted by atomic mass is 79.9. The normalized spacial score (nSPS) is 11.7. The van der Waals surface area contributed by atoms with Crippen LogP contribution in [0.5, 0.6) is 0 Å². The third-order valence-electron chi connectivity index (χ3n) is 2.79. The Bertz CT molecular complexity index is 891. The Hall–Kier alpha value is -1.03. The maximum Gasteiger partial charge on any atom is 0.301 e. The van der Waals surface area contributed by atoms with Crippen LogP contribution in [0.4, 0.5) is 0 Å². The standard InChI is InChI=1S/C12H10Br2N2O4S/c1-6-11(21(18,19)20)12(17)16(7(2)15-6)10-4-3-8(13)5-9(10)14/h3-5H,1-2H3,(H,18,19,20). The molecule has 1 aromatic carbocycles. The third kappa shape index (κ3) is 3.10. The Labute approximate surface area is 137 Å². The lowest BCUT2D eigenvalue weighted by Gasteiger charge is -2.13. The molecule has 0 aliphatic rings. The molecule has 1 heterocycles. The van der Waals surface area contributed by atoms with Gasteiger partial charge in [0.15, 0.2) is 4.90 Å². The first-order valence-corrected chi connectivity index (χ1v) is 8.68. The van der Waals surface area contributed by atoms with Crippen LogP contribution in [0.25, 0.3) is 5.69 Å². The molecule has 6 nitrogen and oxygen atoms in total. The first kappa shape index (κ1) is 16.3. The zero-order valence-corrected chi connectivity index (χ0v) is 15.0. The fourth-order valence-electron chi connectivity index (χ4n) is 1.99. The number of aryl methyl sites for hydroxylation is 2. The van der Waals surface area contributed by atoms with Gasteiger partial charge in [0.2, 0.25) is 0 Å². The van der Waals surface area contributed by atoms with Gasteiger partial charge >= 0.3 is 10.1 Å². The highest BCUT2D eigenvalue weighted by molar-refractivity contribution is 9.11. The van der Waals surface area contributed by atoms with Crippen LogP contribution in [0.15, 0.2) is 36.8 Å². The summed E-state index contributed by atoms with van der Waals surface area (Å²) in [6, 6.07) is 5.06. The molecule has 0 fully saturated rings. The van der Waals surface area contributed by atoms with Crippen LogP contribution >= 0.6 is 31.9 Å². The van der Waals surface area contributed by atoms with Crippen molar-refractivity contribution < 1.29 is 13.0 Å². The lowest BCUT2D eigenvalue weighted by molar-refractivity contribution is 0.479. The van der Waals surface area contributed by atoms with E-state index in [9.17, 15) is 17.8 Å². The predicted octanol–water partition coefficient (Wildman–Crippen LogP) is 2.62. The van der Waals surface area contributed by atoms with Crippen molar-refractivity contribution in [2.75, 3.05) is 0 Å². The van der Waals surface area contributed by atoms with Crippen LogP contribution in [0.3, 0.4) is 0 Å². The Balaban J connectivity index is 2.91. The highest BCUT2D eigenvalue weighted by Crippen LogP contribution is 2.25. The van der Waals surface area contributed by atoms with Crippen LogP contribution in [-0.4, -0.2) is 22.5 Å². The van der Waals surface area contributed by atoms with E-state index >= 15 is 0 Å². The molecule has 0 aliphatic heterocycles. The minimum absolute atomic E-state index is 0.0375. The Morgan fingerprint density at radius 2 is 1.86 bits per heavy atom. The van der Waals surface area contributed by atoms with Crippen LogP contribution in [-0.2, 0) is 10.1 Å². The van der Waals surface area contributed by atoms with Gasteiger partial charge in [0, 0.05) is 8.95 Å². The maximum absolute atomic E-state index is 12.4. The van der Waals surface area contributed by atoms with Crippen LogP contribution in [0.1, 0.15) is 11.5 Å². The molecule has 0 saturated carbocycles. The summed E-state index contributed by atoms with van der Waals surface area (Å²) in [6.45, 7) is 2.94. The number of aromatic nitrogens is 2. The summed E-state index contributed by atoms with van der Waals surface area (Å²) < 4.78 is 34.5. The lowest BCUT2D eigenvalue weighted by atomic mass is 10.3. The second kappa shape index (κ2) is 5.64. The van der Waals surface area contributed by atoms with Crippen molar-refractivity contribution >= 4 is 42.0 Å². The molecule has 0 spiro atoms. The van der Waals surface area contributed by atoms with E-state index in [1.807, 2.05) is 0 Å². The second-order valence-corrected chi connectivity index (χ2v) is 7.41. The molecule has 1 N–H and O–H groups in total. The van der Waals surface area contributed by atoms with Gasteiger partial charge in [-0.2, -0.15) is 8.42 Å². The molecule has 0 atom stereocenters. The van der Waals surface area contributed by atoms with Crippen molar-refractivity contribution in [2.24, 2.45) is 0 Å². The number of halogens is 2. The molecular formula is C12H10Br2N2O4S. The minimum Gasteiger partial charge on any atom is -0.282 e. The topological polar surface area (TPSA) is 89.3 Å². The van der Waals surface area contributed by atoms with Gasteiger partial charge < -0.3 is 0 Å². The number of hydrogen-bond donors (Lipinski definition) is 1. The van der Waals surface area contributed by atoms with Gasteiger partial charge in [-0.3, -0.25) is 13.9 Å². The molecule has 112 valence electrons. The molecule has 0 unspecified atom stereocenters. The monoisotopic (exact) mass is 436 g/mol. The van der Waals surface area contributed by atoms with Crippen LogP contribution < -0.4 is 5.56 Å². The smallest absolute Gasteiger partial charge is 0.282 e. The zero-order valence-electron chi connectivity index (χ0n) is 11.0. The quantitative estimate of drug-likeness (QED) is 0.729. The average Bonchev–Trinajstić information content (AvgIpc) is 2.29. The summed E-state index contributed by atoms with van der Waals surface area (Å²) in [7, 11) is -4.65. The van der Waals surface area contributed by atoms with E-state index < -0.39 is 20.6 Å².